The van der Waals surface area contributed by atoms with Gasteiger partial charge in [0.2, 0.25) is 5.95 Å². The van der Waals surface area contributed by atoms with Crippen molar-refractivity contribution in [3.8, 4) is 0 Å². The number of carbonyl (C=O) groups is 2. The second-order valence-electron chi connectivity index (χ2n) is 7.73. The molecule has 9 heteroatoms. The molecule has 0 bridgehead atoms. The number of likely N-dealkylation sites (N-methyl/N-ethyl adjacent to an activating group) is 1. The van der Waals surface area contributed by atoms with Crippen LogP contribution in [0.25, 0.3) is 16.7 Å². The molecule has 0 fully saturated rings. The number of imidazole rings is 1. The van der Waals surface area contributed by atoms with Crippen molar-refractivity contribution >= 4 is 46.1 Å². The summed E-state index contributed by atoms with van der Waals surface area (Å²) in [7, 11) is 3.86. The minimum Gasteiger partial charge on any atom is -0.306 e. The molecular weight excluding hydrogens is 452 g/mol. The average Bonchev–Trinajstić information content (AvgIpc) is 3.01. The number of pyridine rings is 1. The van der Waals surface area contributed by atoms with Crippen LogP contribution in [0.3, 0.4) is 0 Å². The average molecular weight is 475 g/mol. The molecule has 0 spiro atoms. The number of para-hydroxylation sites is 1. The molecule has 1 aliphatic heterocycles. The third kappa shape index (κ3) is 5.14. The fourth-order valence-corrected chi connectivity index (χ4v) is 3.60. The lowest BCUT2D eigenvalue weighted by Gasteiger charge is -2.15. The zero-order chi connectivity index (χ0) is 24.1. The summed E-state index contributed by atoms with van der Waals surface area (Å²) in [5.41, 5.74) is 2.25. The lowest BCUT2D eigenvalue weighted by Crippen LogP contribution is -2.20. The second kappa shape index (κ2) is 10.3. The van der Waals surface area contributed by atoms with E-state index in [2.05, 4.69) is 15.3 Å². The van der Waals surface area contributed by atoms with Crippen LogP contribution in [0.5, 0.6) is 0 Å². The van der Waals surface area contributed by atoms with E-state index >= 15 is 0 Å². The van der Waals surface area contributed by atoms with Gasteiger partial charge >= 0.3 is 0 Å². The summed E-state index contributed by atoms with van der Waals surface area (Å²) >= 11 is 6.54. The van der Waals surface area contributed by atoms with Gasteiger partial charge in [0.05, 0.1) is 21.8 Å². The van der Waals surface area contributed by atoms with Crippen LogP contribution in [0.15, 0.2) is 85.5 Å². The highest BCUT2D eigenvalue weighted by Gasteiger charge is 2.20. The summed E-state index contributed by atoms with van der Waals surface area (Å²) in [6.07, 6.45) is 15.1. The molecule has 4 rings (SSSR count). The number of fused-ring (bicyclic) bond motifs is 1. The fourth-order valence-electron chi connectivity index (χ4n) is 3.34. The quantitative estimate of drug-likeness (QED) is 0.542. The molecule has 34 heavy (non-hydrogen) atoms. The number of aromatic nitrogens is 3. The number of nitrogens with zero attached hydrogens (tertiary/aromatic N) is 5. The number of halogens is 1. The molecule has 0 saturated carbocycles. The third-order valence-corrected chi connectivity index (χ3v) is 5.24. The first-order valence-electron chi connectivity index (χ1n) is 10.5. The molecule has 1 aliphatic rings. The molecule has 0 atom stereocenters. The van der Waals surface area contributed by atoms with Crippen molar-refractivity contribution in [2.45, 2.75) is 0 Å². The maximum absolute atomic E-state index is 12.9. The monoisotopic (exact) mass is 474 g/mol. The van der Waals surface area contributed by atoms with Crippen LogP contribution in [0.4, 0.5) is 5.95 Å². The Hall–Kier alpha value is -4.01. The van der Waals surface area contributed by atoms with Crippen LogP contribution in [0.2, 0.25) is 5.02 Å². The number of hydrogen-bond acceptors (Lipinski definition) is 5. The number of rotatable bonds is 6. The van der Waals surface area contributed by atoms with Crippen molar-refractivity contribution < 1.29 is 9.59 Å². The Balaban J connectivity index is 1.76. The van der Waals surface area contributed by atoms with Gasteiger partial charge in [-0.1, -0.05) is 29.8 Å². The molecule has 8 nitrogen and oxygen atoms in total. The summed E-state index contributed by atoms with van der Waals surface area (Å²) in [4.78, 5) is 37.6. The lowest BCUT2D eigenvalue weighted by atomic mass is 10.2. The minimum absolute atomic E-state index is 0.211. The van der Waals surface area contributed by atoms with Gasteiger partial charge in [-0.3, -0.25) is 29.4 Å². The molecule has 0 radical (unpaired) electrons. The summed E-state index contributed by atoms with van der Waals surface area (Å²) in [6, 6.07) is 8.59. The first-order chi connectivity index (χ1) is 16.4. The van der Waals surface area contributed by atoms with Gasteiger partial charge < -0.3 is 4.90 Å². The van der Waals surface area contributed by atoms with E-state index < -0.39 is 0 Å². The predicted octanol–water partition coefficient (Wildman–Crippen LogP) is 4.17. The number of carbonyl (C=O) groups excluding carboxylic acids is 2. The van der Waals surface area contributed by atoms with Crippen LogP contribution in [-0.2, 0) is 4.79 Å². The Kier molecular flexibility index (Phi) is 7.01. The molecule has 0 aliphatic carbocycles. The van der Waals surface area contributed by atoms with E-state index in [0.29, 0.717) is 33.9 Å². The Morgan fingerprint density at radius 3 is 2.71 bits per heavy atom. The number of hydrogen-bond donors (Lipinski definition) is 1. The van der Waals surface area contributed by atoms with Crippen LogP contribution < -0.4 is 5.32 Å². The molecule has 172 valence electrons. The van der Waals surface area contributed by atoms with Gasteiger partial charge in [0.1, 0.15) is 0 Å². The number of benzene rings is 1. The summed E-state index contributed by atoms with van der Waals surface area (Å²) in [5.74, 6) is -0.276. The maximum Gasteiger partial charge on any atom is 0.258 e. The van der Waals surface area contributed by atoms with Crippen LogP contribution in [0.1, 0.15) is 10.4 Å². The van der Waals surface area contributed by atoms with Crippen molar-refractivity contribution in [3.05, 3.63) is 96.1 Å². The normalized spacial score (nSPS) is 13.5. The Bertz CT molecular complexity index is 1340. The number of anilines is 1. The highest BCUT2D eigenvalue weighted by Crippen LogP contribution is 2.31. The molecule has 3 aromatic rings. The van der Waals surface area contributed by atoms with E-state index in [-0.39, 0.29) is 17.8 Å². The van der Waals surface area contributed by atoms with E-state index in [0.717, 1.165) is 0 Å². The predicted molar refractivity (Wildman–Crippen MR) is 134 cm³/mol. The van der Waals surface area contributed by atoms with Crippen molar-refractivity contribution in [2.24, 2.45) is 0 Å². The largest absolute Gasteiger partial charge is 0.306 e. The Morgan fingerprint density at radius 2 is 1.94 bits per heavy atom. The lowest BCUT2D eigenvalue weighted by molar-refractivity contribution is -0.121. The zero-order valence-corrected chi connectivity index (χ0v) is 19.5. The summed E-state index contributed by atoms with van der Waals surface area (Å²) in [5, 5.41) is 3.32. The molecule has 1 aromatic carbocycles. The molecule has 1 N–H and O–H groups in total. The third-order valence-electron chi connectivity index (χ3n) is 4.93. The number of nitrogens with one attached hydrogen (secondary N) is 1. The summed E-state index contributed by atoms with van der Waals surface area (Å²) in [6.45, 7) is 0.644. The van der Waals surface area contributed by atoms with E-state index in [4.69, 9.17) is 11.6 Å². The van der Waals surface area contributed by atoms with Crippen molar-refractivity contribution in [1.29, 1.82) is 0 Å². The standard InChI is InChI=1S/C25H23ClN6O2/c1-30(2)15-6-10-22(33)31-16-4-3-7-19(17-31)32-23-20(26)8-5-9-21(23)28-25(32)29-24(34)18-11-13-27-14-12-18/h3-14,16-17H,15H2,1-2H3,(H,28,29,34)/b10-6+. The number of amides is 2. The zero-order valence-electron chi connectivity index (χ0n) is 18.7. The van der Waals surface area contributed by atoms with Crippen LogP contribution in [-0.4, -0.2) is 56.8 Å². The van der Waals surface area contributed by atoms with Gasteiger partial charge in [0, 0.05) is 43.0 Å². The topological polar surface area (TPSA) is 83.4 Å². The highest BCUT2D eigenvalue weighted by atomic mass is 35.5. The molecule has 0 saturated heterocycles. The van der Waals surface area contributed by atoms with Gasteiger partial charge in [-0.05, 0) is 50.5 Å². The van der Waals surface area contributed by atoms with Crippen molar-refractivity contribution in [1.82, 2.24) is 24.3 Å². The molecular formula is C25H23ClN6O2. The van der Waals surface area contributed by atoms with Crippen LogP contribution in [0, 0.1) is 0 Å². The van der Waals surface area contributed by atoms with E-state index in [9.17, 15) is 9.59 Å². The smallest absolute Gasteiger partial charge is 0.258 e. The SMILES string of the molecule is CN(C)C/C=C/C(=O)N1C=CC=CC(n2c(NC(=O)c3ccncc3)nc3cccc(Cl)c32)=C1. The van der Waals surface area contributed by atoms with Gasteiger partial charge in [0.15, 0.2) is 0 Å². The summed E-state index contributed by atoms with van der Waals surface area (Å²) < 4.78 is 1.73. The van der Waals surface area contributed by atoms with Gasteiger partial charge in [0.25, 0.3) is 11.8 Å². The molecule has 2 amide bonds. The minimum atomic E-state index is -0.342. The van der Waals surface area contributed by atoms with Gasteiger partial charge in [-0.25, -0.2) is 4.98 Å². The second-order valence-corrected chi connectivity index (χ2v) is 8.14. The molecule has 3 heterocycles. The molecule has 2 aromatic heterocycles. The molecule has 0 unspecified atom stereocenters. The Labute approximate surface area is 202 Å². The van der Waals surface area contributed by atoms with Crippen molar-refractivity contribution in [3.63, 3.8) is 0 Å². The van der Waals surface area contributed by atoms with Gasteiger partial charge in [-0.2, -0.15) is 0 Å². The fraction of sp³-hybridized carbons (Fsp3) is 0.120. The highest BCUT2D eigenvalue weighted by molar-refractivity contribution is 6.35. The maximum atomic E-state index is 12.9. The van der Waals surface area contributed by atoms with E-state index in [1.807, 2.05) is 31.1 Å². The van der Waals surface area contributed by atoms with Crippen molar-refractivity contribution in [2.75, 3.05) is 26.0 Å². The van der Waals surface area contributed by atoms with E-state index in [1.165, 1.54) is 11.0 Å². The van der Waals surface area contributed by atoms with Gasteiger partial charge in [-0.15, -0.1) is 0 Å². The van der Waals surface area contributed by atoms with E-state index in [1.54, 1.807) is 71.9 Å². The Morgan fingerprint density at radius 1 is 1.15 bits per heavy atom. The first-order valence-corrected chi connectivity index (χ1v) is 10.9. The van der Waals surface area contributed by atoms with Crippen LogP contribution >= 0.6 is 11.6 Å². The number of allylic oxidation sites excluding steroid dienone is 4. The first kappa shape index (κ1) is 23.2.